The first-order valence-corrected chi connectivity index (χ1v) is 2.20. The highest BCUT2D eigenvalue weighted by Crippen LogP contribution is 1.79. The van der Waals surface area contributed by atoms with Crippen LogP contribution in [-0.4, -0.2) is 12.2 Å². The summed E-state index contributed by atoms with van der Waals surface area (Å²) in [6, 6.07) is -0.985. The molecule has 10 heavy (non-hydrogen) atoms. The third-order valence-corrected chi connectivity index (χ3v) is 0.415. The van der Waals surface area contributed by atoms with E-state index in [0.717, 1.165) is 6.26 Å². The number of hydroxylamine groups is 1. The number of rotatable bonds is 1. The van der Waals surface area contributed by atoms with E-state index >= 15 is 0 Å². The molecule has 0 spiro atoms. The van der Waals surface area contributed by atoms with Crippen molar-refractivity contribution in [2.45, 2.75) is 0 Å². The van der Waals surface area contributed by atoms with E-state index in [1.54, 1.807) is 5.48 Å². The second kappa shape index (κ2) is 4.19. The van der Waals surface area contributed by atoms with Crippen molar-refractivity contribution in [2.75, 3.05) is 0 Å². The molecule has 0 aliphatic heterocycles. The summed E-state index contributed by atoms with van der Waals surface area (Å²) >= 11 is 0. The molecule has 0 aromatic heterocycles. The maximum absolute atomic E-state index is 10.2. The van der Waals surface area contributed by atoms with Crippen molar-refractivity contribution >= 4 is 12.2 Å². The Morgan fingerprint density at radius 1 is 1.60 bits per heavy atom. The lowest BCUT2D eigenvalue weighted by atomic mass is 11.1. The lowest BCUT2D eigenvalue weighted by Gasteiger charge is -1.98. The predicted octanol–water partition coefficient (Wildman–Crippen LogP) is -0.134. The van der Waals surface area contributed by atoms with Crippen LogP contribution in [0, 0.1) is 0 Å². The second-order valence-electron chi connectivity index (χ2n) is 1.10. The van der Waals surface area contributed by atoms with Gasteiger partial charge in [0.15, 0.2) is 0 Å². The van der Waals surface area contributed by atoms with Crippen molar-refractivity contribution in [3.8, 4) is 0 Å². The van der Waals surface area contributed by atoms with Crippen LogP contribution in [0.2, 0.25) is 0 Å². The van der Waals surface area contributed by atoms with Crippen molar-refractivity contribution < 1.29 is 19.2 Å². The summed E-state index contributed by atoms with van der Waals surface area (Å²) in [5.41, 5.74) is 6.07. The molecule has 0 aromatic rings. The molecule has 0 aliphatic rings. The van der Waals surface area contributed by atoms with Crippen LogP contribution in [-0.2, 0) is 9.57 Å². The van der Waals surface area contributed by atoms with Crippen molar-refractivity contribution in [2.24, 2.45) is 5.73 Å². The largest absolute Gasteiger partial charge is 0.538 e. The molecule has 0 atom stereocenters. The topological polar surface area (TPSA) is 90.7 Å². The maximum Gasteiger partial charge on any atom is 0.538 e. The van der Waals surface area contributed by atoms with Gasteiger partial charge in [-0.3, -0.25) is 0 Å². The van der Waals surface area contributed by atoms with Crippen LogP contribution in [0.5, 0.6) is 0 Å². The zero-order valence-corrected chi connectivity index (χ0v) is 4.99. The van der Waals surface area contributed by atoms with Crippen LogP contribution in [0.25, 0.3) is 0 Å². The quantitative estimate of drug-likeness (QED) is 0.306. The Bertz CT molecular complexity index is 155. The zero-order chi connectivity index (χ0) is 7.98. The summed E-state index contributed by atoms with van der Waals surface area (Å²) in [6.45, 7) is 3.06. The molecule has 0 rings (SSSR count). The van der Waals surface area contributed by atoms with Gasteiger partial charge in [0.05, 0.1) is 6.26 Å². The summed E-state index contributed by atoms with van der Waals surface area (Å²) in [7, 11) is 0. The van der Waals surface area contributed by atoms with Crippen molar-refractivity contribution in [1.29, 1.82) is 0 Å². The summed E-state index contributed by atoms with van der Waals surface area (Å²) in [6.07, 6.45) is -0.251. The van der Waals surface area contributed by atoms with Gasteiger partial charge in [0.1, 0.15) is 0 Å². The summed E-state index contributed by atoms with van der Waals surface area (Å²) in [5, 5.41) is 0. The van der Waals surface area contributed by atoms with Gasteiger partial charge in [-0.2, -0.15) is 5.48 Å². The second-order valence-corrected chi connectivity index (χ2v) is 1.10. The third kappa shape index (κ3) is 4.44. The Kier molecular flexibility index (Phi) is 3.47. The van der Waals surface area contributed by atoms with Gasteiger partial charge in [0.2, 0.25) is 0 Å². The molecule has 0 aromatic carbocycles. The van der Waals surface area contributed by atoms with Crippen LogP contribution in [0.4, 0.5) is 9.59 Å². The number of nitrogens with one attached hydrogen (secondary N) is 1. The molecule has 0 saturated carbocycles. The van der Waals surface area contributed by atoms with Crippen LogP contribution in [0.15, 0.2) is 12.8 Å². The zero-order valence-electron chi connectivity index (χ0n) is 4.99. The minimum atomic E-state index is -1.10. The molecule has 0 unspecified atom stereocenters. The van der Waals surface area contributed by atoms with E-state index in [1.165, 1.54) is 0 Å². The summed E-state index contributed by atoms with van der Waals surface area (Å²) in [5.74, 6) is 0. The SMILES string of the molecule is C=COC(=O)ONC(N)=O. The standard InChI is InChI=1S/C4H6N2O4/c1-2-9-4(8)10-6-3(5)7/h2H,1H2,(H3,5,6,7). The number of carbonyl (C=O) groups excluding carboxylic acids is 2. The minimum Gasteiger partial charge on any atom is -0.402 e. The summed E-state index contributed by atoms with van der Waals surface area (Å²) in [4.78, 5) is 23.9. The van der Waals surface area contributed by atoms with Crippen LogP contribution in [0.1, 0.15) is 0 Å². The Morgan fingerprint density at radius 3 is 2.60 bits per heavy atom. The molecule has 56 valence electrons. The average molecular weight is 146 g/mol. The molecule has 0 heterocycles. The number of carbonyl (C=O) groups is 2. The van der Waals surface area contributed by atoms with Gasteiger partial charge in [-0.15, -0.1) is 0 Å². The smallest absolute Gasteiger partial charge is 0.402 e. The molecule has 2 amide bonds. The van der Waals surface area contributed by atoms with Crippen LogP contribution >= 0.6 is 0 Å². The number of nitrogens with two attached hydrogens (primary N) is 1. The average Bonchev–Trinajstić information content (AvgIpc) is 1.85. The molecule has 0 bridgehead atoms. The molecule has 6 nitrogen and oxygen atoms in total. The summed E-state index contributed by atoms with van der Waals surface area (Å²) < 4.78 is 4.02. The van der Waals surface area contributed by atoms with Gasteiger partial charge in [-0.05, 0) is 0 Å². The predicted molar refractivity (Wildman–Crippen MR) is 30.5 cm³/mol. The molecule has 3 N–H and O–H groups in total. The Labute approximate surface area is 56.5 Å². The van der Waals surface area contributed by atoms with E-state index in [4.69, 9.17) is 0 Å². The van der Waals surface area contributed by atoms with Gasteiger partial charge < -0.3 is 15.3 Å². The third-order valence-electron chi connectivity index (χ3n) is 0.415. The molecule has 0 aliphatic carbocycles. The fourth-order valence-electron chi connectivity index (χ4n) is 0.184. The van der Waals surface area contributed by atoms with Gasteiger partial charge in [-0.1, -0.05) is 6.58 Å². The molecular weight excluding hydrogens is 140 g/mol. The normalized spacial score (nSPS) is 7.60. The highest BCUT2D eigenvalue weighted by Gasteiger charge is 2.01. The van der Waals surface area contributed by atoms with Crippen molar-refractivity contribution in [3.63, 3.8) is 0 Å². The fourth-order valence-corrected chi connectivity index (χ4v) is 0.184. The van der Waals surface area contributed by atoms with Crippen molar-refractivity contribution in [3.05, 3.63) is 12.8 Å². The van der Waals surface area contributed by atoms with E-state index in [1.807, 2.05) is 0 Å². The molecule has 0 fully saturated rings. The first-order chi connectivity index (χ1) is 4.66. The highest BCUT2D eigenvalue weighted by molar-refractivity contribution is 5.72. The fraction of sp³-hybridized carbons (Fsp3) is 0. The molecular formula is C4H6N2O4. The highest BCUT2D eigenvalue weighted by atomic mass is 16.8. The number of hydrogen-bond donors (Lipinski definition) is 2. The van der Waals surface area contributed by atoms with E-state index in [-0.39, 0.29) is 0 Å². The Hall–Kier alpha value is -1.72. The Balaban J connectivity index is 3.39. The number of urea groups is 1. The van der Waals surface area contributed by atoms with Gasteiger partial charge >= 0.3 is 12.2 Å². The van der Waals surface area contributed by atoms with Gasteiger partial charge in [0, 0.05) is 0 Å². The molecule has 0 radical (unpaired) electrons. The van der Waals surface area contributed by atoms with E-state index in [9.17, 15) is 9.59 Å². The number of amides is 2. The first kappa shape index (κ1) is 8.28. The number of primary amides is 1. The lowest BCUT2D eigenvalue weighted by Crippen LogP contribution is -2.31. The van der Waals surface area contributed by atoms with Crippen LogP contribution in [0.3, 0.4) is 0 Å². The van der Waals surface area contributed by atoms with Gasteiger partial charge in [-0.25, -0.2) is 9.59 Å². The number of hydrogen-bond acceptors (Lipinski definition) is 4. The lowest BCUT2D eigenvalue weighted by molar-refractivity contribution is 0.0525. The maximum atomic E-state index is 10.2. The van der Waals surface area contributed by atoms with Gasteiger partial charge in [0.25, 0.3) is 0 Å². The van der Waals surface area contributed by atoms with E-state index < -0.39 is 12.2 Å². The van der Waals surface area contributed by atoms with E-state index in [0.29, 0.717) is 0 Å². The molecule has 6 heteroatoms. The monoisotopic (exact) mass is 146 g/mol. The first-order valence-electron chi connectivity index (χ1n) is 2.20. The molecule has 0 saturated heterocycles. The van der Waals surface area contributed by atoms with Crippen molar-refractivity contribution in [1.82, 2.24) is 5.48 Å². The Morgan fingerprint density at radius 2 is 2.20 bits per heavy atom. The van der Waals surface area contributed by atoms with Crippen LogP contribution < -0.4 is 11.2 Å². The van der Waals surface area contributed by atoms with E-state index in [2.05, 4.69) is 21.9 Å². The number of ether oxygens (including phenoxy) is 1. The minimum absolute atomic E-state index is 0.852.